The molecule has 0 aliphatic carbocycles. The molecule has 0 spiro atoms. The van der Waals surface area contributed by atoms with Crippen LogP contribution in [0.25, 0.3) is 0 Å². The van der Waals surface area contributed by atoms with Gasteiger partial charge in [-0.05, 0) is 62.9 Å². The van der Waals surface area contributed by atoms with E-state index in [4.69, 9.17) is 14.2 Å². The summed E-state index contributed by atoms with van der Waals surface area (Å²) in [6.45, 7) is 6.25. The highest BCUT2D eigenvalue weighted by molar-refractivity contribution is 6.43. The highest BCUT2D eigenvalue weighted by atomic mass is 16.5. The molecule has 3 heterocycles. The van der Waals surface area contributed by atoms with Crippen molar-refractivity contribution in [2.75, 3.05) is 32.2 Å². The number of aryl methyl sites for hydroxylation is 1. The molecule has 1 unspecified atom stereocenters. The number of aromatic nitrogens is 1. The minimum atomic E-state index is -0.743. The minimum Gasteiger partial charge on any atom is -0.490 e. The molecule has 9 heteroatoms. The summed E-state index contributed by atoms with van der Waals surface area (Å²) >= 11 is 0. The molecule has 9 nitrogen and oxygen atoms in total. The molecule has 182 valence electrons. The highest BCUT2D eigenvalue weighted by Gasteiger charge is 2.42. The number of hydrogen-bond acceptors (Lipinski definition) is 6. The molecule has 0 bridgehead atoms. The predicted octanol–water partition coefficient (Wildman–Crippen LogP) is 2.32. The number of benzene rings is 1. The number of rotatable bonds is 7. The zero-order valence-corrected chi connectivity index (χ0v) is 20.2. The Morgan fingerprint density at radius 2 is 1.97 bits per heavy atom. The van der Waals surface area contributed by atoms with E-state index in [1.165, 1.54) is 7.11 Å². The van der Waals surface area contributed by atoms with E-state index in [1.807, 2.05) is 19.1 Å². The van der Waals surface area contributed by atoms with Gasteiger partial charge < -0.3 is 29.4 Å². The molecular weight excluding hydrogens is 438 g/mol. The van der Waals surface area contributed by atoms with Gasteiger partial charge in [0.2, 0.25) is 0 Å². The van der Waals surface area contributed by atoms with Crippen LogP contribution in [0.5, 0.6) is 5.75 Å². The third-order valence-corrected chi connectivity index (χ3v) is 6.60. The number of ketones is 1. The van der Waals surface area contributed by atoms with Crippen molar-refractivity contribution in [3.63, 3.8) is 0 Å². The second kappa shape index (κ2) is 9.23. The van der Waals surface area contributed by atoms with Crippen LogP contribution >= 0.6 is 0 Å². The van der Waals surface area contributed by atoms with Crippen molar-refractivity contribution in [1.29, 1.82) is 0 Å². The average Bonchev–Trinajstić information content (AvgIpc) is 2.99. The van der Waals surface area contributed by atoms with Crippen LogP contribution in [0.15, 0.2) is 18.2 Å². The van der Waals surface area contributed by atoms with Crippen LogP contribution in [0.1, 0.15) is 51.0 Å². The van der Waals surface area contributed by atoms with Crippen molar-refractivity contribution in [2.45, 2.75) is 45.3 Å². The van der Waals surface area contributed by atoms with Crippen LogP contribution in [0.2, 0.25) is 0 Å². The van der Waals surface area contributed by atoms with E-state index in [-0.39, 0.29) is 37.4 Å². The number of nitrogens with zero attached hydrogens (tertiary/aromatic N) is 1. The fourth-order valence-corrected chi connectivity index (χ4v) is 4.65. The second-order valence-corrected chi connectivity index (χ2v) is 9.23. The van der Waals surface area contributed by atoms with Crippen molar-refractivity contribution in [3.05, 3.63) is 46.3 Å². The molecule has 0 saturated carbocycles. The predicted molar refractivity (Wildman–Crippen MR) is 126 cm³/mol. The standard InChI is InChI=1S/C25H31N3O6/c1-14-6-7-17-10-18(8-9-19(17)34-14)26-23(30)21-15(2)20(16(3)28(21)4)22(29)24(31)27-25(11-32-5)12-33-13-25/h8-10,14H,6-7,11-13H2,1-5H3,(H,26,30)(H,27,31). The SMILES string of the molecule is COCC1(NC(=O)C(=O)c2c(C)c(C(=O)Nc3ccc4c(c3)CCC(C)O4)n(C)c2C)COC1. The number of Topliss-reactive ketones (excluding diaryl/α,β-unsaturated/α-hetero) is 1. The Labute approximate surface area is 198 Å². The van der Waals surface area contributed by atoms with Gasteiger partial charge in [-0.1, -0.05) is 0 Å². The number of anilines is 1. The van der Waals surface area contributed by atoms with Gasteiger partial charge in [0.05, 0.1) is 31.5 Å². The Hall–Kier alpha value is -3.17. The van der Waals surface area contributed by atoms with Gasteiger partial charge in [-0.25, -0.2) is 0 Å². The summed E-state index contributed by atoms with van der Waals surface area (Å²) in [6, 6.07) is 5.58. The summed E-state index contributed by atoms with van der Waals surface area (Å²) in [7, 11) is 3.24. The smallest absolute Gasteiger partial charge is 0.293 e. The van der Waals surface area contributed by atoms with Gasteiger partial charge in [0, 0.05) is 25.5 Å². The lowest BCUT2D eigenvalue weighted by Crippen LogP contribution is -2.65. The van der Waals surface area contributed by atoms with Crippen LogP contribution in [0.4, 0.5) is 5.69 Å². The molecule has 1 fully saturated rings. The van der Waals surface area contributed by atoms with Crippen molar-refractivity contribution in [3.8, 4) is 5.75 Å². The maximum Gasteiger partial charge on any atom is 0.293 e. The second-order valence-electron chi connectivity index (χ2n) is 9.23. The van der Waals surface area contributed by atoms with Gasteiger partial charge in [-0.15, -0.1) is 0 Å². The first-order chi connectivity index (χ1) is 16.2. The third kappa shape index (κ3) is 4.33. The number of methoxy groups -OCH3 is 1. The molecule has 34 heavy (non-hydrogen) atoms. The Kier molecular flexibility index (Phi) is 6.51. The average molecular weight is 470 g/mol. The van der Waals surface area contributed by atoms with Crippen molar-refractivity contribution < 1.29 is 28.6 Å². The largest absolute Gasteiger partial charge is 0.490 e. The Bertz CT molecular complexity index is 1150. The van der Waals surface area contributed by atoms with Gasteiger partial charge in [-0.2, -0.15) is 0 Å². The van der Waals surface area contributed by atoms with Crippen LogP contribution in [0, 0.1) is 13.8 Å². The number of ether oxygens (including phenoxy) is 3. The van der Waals surface area contributed by atoms with Gasteiger partial charge in [0.25, 0.3) is 17.6 Å². The normalized spacial score (nSPS) is 18.3. The Balaban J connectivity index is 1.54. The number of carbonyl (C=O) groups excluding carboxylic acids is 3. The lowest BCUT2D eigenvalue weighted by Gasteiger charge is -2.41. The highest BCUT2D eigenvalue weighted by Crippen LogP contribution is 2.31. The molecule has 2 aromatic rings. The van der Waals surface area contributed by atoms with Crippen molar-refractivity contribution in [2.24, 2.45) is 7.05 Å². The van der Waals surface area contributed by atoms with Crippen LogP contribution in [0.3, 0.4) is 0 Å². The summed E-state index contributed by atoms with van der Waals surface area (Å²) in [6.07, 6.45) is 1.98. The van der Waals surface area contributed by atoms with Crippen molar-refractivity contribution >= 4 is 23.3 Å². The molecule has 2 amide bonds. The molecule has 1 aromatic heterocycles. The first-order valence-electron chi connectivity index (χ1n) is 11.4. The Morgan fingerprint density at radius 1 is 1.24 bits per heavy atom. The lowest BCUT2D eigenvalue weighted by atomic mass is 9.97. The number of amides is 2. The summed E-state index contributed by atoms with van der Waals surface area (Å²) in [5, 5.41) is 5.68. The van der Waals surface area contributed by atoms with Crippen molar-refractivity contribution in [1.82, 2.24) is 9.88 Å². The van der Waals surface area contributed by atoms with Gasteiger partial charge in [0.15, 0.2) is 0 Å². The maximum absolute atomic E-state index is 13.2. The molecule has 2 aliphatic heterocycles. The van der Waals surface area contributed by atoms with Crippen LogP contribution in [-0.2, 0) is 27.7 Å². The zero-order valence-electron chi connectivity index (χ0n) is 20.2. The van der Waals surface area contributed by atoms with E-state index < -0.39 is 17.2 Å². The number of carbonyl (C=O) groups is 3. The molecule has 1 saturated heterocycles. The summed E-state index contributed by atoms with van der Waals surface area (Å²) in [5.74, 6) is -0.944. The molecule has 0 radical (unpaired) electrons. The fourth-order valence-electron chi connectivity index (χ4n) is 4.65. The molecule has 2 aliphatic rings. The molecule has 4 rings (SSSR count). The van der Waals surface area contributed by atoms with Crippen LogP contribution < -0.4 is 15.4 Å². The fraction of sp³-hybridized carbons (Fsp3) is 0.480. The number of nitrogens with one attached hydrogen (secondary N) is 2. The van der Waals surface area contributed by atoms with Crippen LogP contribution in [-0.4, -0.2) is 60.7 Å². The van der Waals surface area contributed by atoms with E-state index in [2.05, 4.69) is 10.6 Å². The topological polar surface area (TPSA) is 108 Å². The molecular formula is C25H31N3O6. The summed E-state index contributed by atoms with van der Waals surface area (Å²) in [4.78, 5) is 39.1. The number of fused-ring (bicyclic) bond motifs is 1. The lowest BCUT2D eigenvalue weighted by molar-refractivity contribution is -0.135. The van der Waals surface area contributed by atoms with E-state index in [0.29, 0.717) is 22.6 Å². The quantitative estimate of drug-likeness (QED) is 0.476. The molecule has 2 N–H and O–H groups in total. The van der Waals surface area contributed by atoms with E-state index >= 15 is 0 Å². The van der Waals surface area contributed by atoms with E-state index in [1.54, 1.807) is 31.5 Å². The monoisotopic (exact) mass is 469 g/mol. The summed E-state index contributed by atoms with van der Waals surface area (Å²) in [5.41, 5.74) is 2.55. The first-order valence-corrected chi connectivity index (χ1v) is 11.4. The minimum absolute atomic E-state index is 0.177. The van der Waals surface area contributed by atoms with E-state index in [0.717, 1.165) is 24.2 Å². The molecule has 1 aromatic carbocycles. The van der Waals surface area contributed by atoms with E-state index in [9.17, 15) is 14.4 Å². The first kappa shape index (κ1) is 24.0. The molecule has 1 atom stereocenters. The van der Waals surface area contributed by atoms with Gasteiger partial charge in [0.1, 0.15) is 17.0 Å². The summed E-state index contributed by atoms with van der Waals surface area (Å²) < 4.78 is 17.8. The Morgan fingerprint density at radius 3 is 2.62 bits per heavy atom. The third-order valence-electron chi connectivity index (χ3n) is 6.60. The number of hydrogen-bond donors (Lipinski definition) is 2. The zero-order chi connectivity index (χ0) is 24.6. The van der Waals surface area contributed by atoms with Gasteiger partial charge in [-0.3, -0.25) is 14.4 Å². The maximum atomic E-state index is 13.2. The van der Waals surface area contributed by atoms with Gasteiger partial charge >= 0.3 is 0 Å².